The molecule has 0 unspecified atom stereocenters. The summed E-state index contributed by atoms with van der Waals surface area (Å²) in [7, 11) is 0. The molecule has 0 radical (unpaired) electrons. The van der Waals surface area contributed by atoms with Crippen molar-refractivity contribution in [3.8, 4) is 0 Å². The predicted octanol–water partition coefficient (Wildman–Crippen LogP) is 2.65. The van der Waals surface area contributed by atoms with Gasteiger partial charge in [0.25, 0.3) is 0 Å². The zero-order valence-electron chi connectivity index (χ0n) is 8.52. The zero-order valence-corrected chi connectivity index (χ0v) is 8.52. The molecule has 0 aliphatic carbocycles. The topological polar surface area (TPSA) is 22.4 Å². The minimum absolute atomic E-state index is 0.108. The summed E-state index contributed by atoms with van der Waals surface area (Å²) >= 11 is 0. The minimum atomic E-state index is 0.108. The van der Waals surface area contributed by atoms with Gasteiger partial charge in [-0.15, -0.1) is 0 Å². The molecule has 2 heterocycles. The van der Waals surface area contributed by atoms with E-state index in [1.807, 2.05) is 0 Å². The fourth-order valence-electron chi connectivity index (χ4n) is 1.52. The first-order valence-corrected chi connectivity index (χ1v) is 4.77. The van der Waals surface area contributed by atoms with E-state index in [9.17, 15) is 0 Å². The summed E-state index contributed by atoms with van der Waals surface area (Å²) in [4.78, 5) is 0. The highest BCUT2D eigenvalue weighted by molar-refractivity contribution is 5.26. The lowest BCUT2D eigenvalue weighted by Gasteiger charge is -2.14. The van der Waals surface area contributed by atoms with Crippen LogP contribution in [0.3, 0.4) is 0 Å². The highest BCUT2D eigenvalue weighted by Gasteiger charge is 2.22. The quantitative estimate of drug-likeness (QED) is 0.612. The monoisotopic (exact) mass is 180 g/mol. The fraction of sp³-hybridized carbons (Fsp3) is 0.636. The fourth-order valence-corrected chi connectivity index (χ4v) is 1.52. The van der Waals surface area contributed by atoms with Gasteiger partial charge in [0, 0.05) is 17.4 Å². The van der Waals surface area contributed by atoms with Gasteiger partial charge in [-0.05, 0) is 6.07 Å². The Bertz CT molecular complexity index is 281. The van der Waals surface area contributed by atoms with E-state index < -0.39 is 0 Å². The number of ether oxygens (including phenoxy) is 1. The number of hydrogen-bond acceptors (Lipinski definition) is 2. The molecule has 0 fully saturated rings. The largest absolute Gasteiger partial charge is 0.465 e. The zero-order chi connectivity index (χ0) is 9.47. The lowest BCUT2D eigenvalue weighted by Crippen LogP contribution is -2.09. The first kappa shape index (κ1) is 8.82. The van der Waals surface area contributed by atoms with E-state index in [4.69, 9.17) is 9.15 Å². The third-order valence-corrected chi connectivity index (χ3v) is 2.37. The van der Waals surface area contributed by atoms with Crippen LogP contribution in [0, 0.1) is 0 Å². The van der Waals surface area contributed by atoms with Crippen LogP contribution >= 0.6 is 0 Å². The third-order valence-electron chi connectivity index (χ3n) is 2.37. The average molecular weight is 180 g/mol. The van der Waals surface area contributed by atoms with Crippen LogP contribution in [0.1, 0.15) is 37.9 Å². The number of fused-ring (bicyclic) bond motifs is 1. The third kappa shape index (κ3) is 1.63. The molecule has 0 N–H and O–H groups in total. The highest BCUT2D eigenvalue weighted by Crippen LogP contribution is 2.29. The van der Waals surface area contributed by atoms with Crippen LogP contribution in [-0.4, -0.2) is 6.61 Å². The van der Waals surface area contributed by atoms with Crippen molar-refractivity contribution in [1.82, 2.24) is 0 Å². The van der Waals surface area contributed by atoms with E-state index in [-0.39, 0.29) is 5.41 Å². The molecule has 2 heteroatoms. The molecule has 1 aromatic rings. The van der Waals surface area contributed by atoms with Gasteiger partial charge in [-0.2, -0.15) is 0 Å². The molecule has 1 aromatic heterocycles. The Labute approximate surface area is 78.9 Å². The van der Waals surface area contributed by atoms with Crippen molar-refractivity contribution in [3.05, 3.63) is 23.2 Å². The summed E-state index contributed by atoms with van der Waals surface area (Å²) in [5.41, 5.74) is 1.34. The Morgan fingerprint density at radius 2 is 2.08 bits per heavy atom. The molecule has 2 nitrogen and oxygen atoms in total. The Hall–Kier alpha value is -0.760. The van der Waals surface area contributed by atoms with Crippen molar-refractivity contribution < 1.29 is 9.15 Å². The molecule has 13 heavy (non-hydrogen) atoms. The smallest absolute Gasteiger partial charge is 0.112 e. The summed E-state index contributed by atoms with van der Waals surface area (Å²) in [6.45, 7) is 8.01. The van der Waals surface area contributed by atoms with Crippen molar-refractivity contribution in [2.24, 2.45) is 0 Å². The average Bonchev–Trinajstić information content (AvgIpc) is 2.45. The molecule has 0 amide bonds. The Kier molecular flexibility index (Phi) is 1.95. The molecule has 0 saturated heterocycles. The molecule has 72 valence electrons. The molecule has 0 spiro atoms. The van der Waals surface area contributed by atoms with Gasteiger partial charge in [-0.1, -0.05) is 20.8 Å². The molecule has 0 saturated carbocycles. The van der Waals surface area contributed by atoms with Crippen molar-refractivity contribution in [2.45, 2.75) is 39.2 Å². The lowest BCUT2D eigenvalue weighted by atomic mass is 9.93. The summed E-state index contributed by atoms with van der Waals surface area (Å²) in [6.07, 6.45) is 0.922. The molecule has 2 rings (SSSR count). The lowest BCUT2D eigenvalue weighted by molar-refractivity contribution is 0.103. The second kappa shape index (κ2) is 2.88. The standard InChI is InChI=1S/C11H16O2/c1-11(2,3)10-6-8-7-12-5-4-9(8)13-10/h6H,4-5,7H2,1-3H3. The molecule has 1 aliphatic rings. The maximum absolute atomic E-state index is 5.79. The first-order chi connectivity index (χ1) is 6.07. The Morgan fingerprint density at radius 1 is 1.31 bits per heavy atom. The number of rotatable bonds is 0. The molecule has 0 bridgehead atoms. The van der Waals surface area contributed by atoms with Crippen LogP contribution in [-0.2, 0) is 23.2 Å². The van der Waals surface area contributed by atoms with E-state index in [2.05, 4.69) is 26.8 Å². The van der Waals surface area contributed by atoms with E-state index in [0.717, 1.165) is 31.2 Å². The molecule has 0 aromatic carbocycles. The van der Waals surface area contributed by atoms with Crippen LogP contribution in [0.5, 0.6) is 0 Å². The van der Waals surface area contributed by atoms with Gasteiger partial charge in [-0.25, -0.2) is 0 Å². The van der Waals surface area contributed by atoms with Crippen LogP contribution in [0.25, 0.3) is 0 Å². The second-order valence-corrected chi connectivity index (χ2v) is 4.61. The highest BCUT2D eigenvalue weighted by atomic mass is 16.5. The van der Waals surface area contributed by atoms with Crippen LogP contribution in [0.15, 0.2) is 10.5 Å². The van der Waals surface area contributed by atoms with Crippen molar-refractivity contribution in [3.63, 3.8) is 0 Å². The van der Waals surface area contributed by atoms with E-state index >= 15 is 0 Å². The summed E-state index contributed by atoms with van der Waals surface area (Å²) in [5.74, 6) is 2.19. The van der Waals surface area contributed by atoms with Crippen molar-refractivity contribution in [1.29, 1.82) is 0 Å². The van der Waals surface area contributed by atoms with Gasteiger partial charge < -0.3 is 9.15 Å². The Balaban J connectivity index is 2.36. The predicted molar refractivity (Wildman–Crippen MR) is 50.8 cm³/mol. The van der Waals surface area contributed by atoms with Crippen LogP contribution in [0.2, 0.25) is 0 Å². The van der Waals surface area contributed by atoms with Crippen LogP contribution in [0.4, 0.5) is 0 Å². The molecule has 0 atom stereocenters. The van der Waals surface area contributed by atoms with Crippen molar-refractivity contribution in [2.75, 3.05) is 6.61 Å². The van der Waals surface area contributed by atoms with E-state index in [1.54, 1.807) is 0 Å². The van der Waals surface area contributed by atoms with E-state index in [0.29, 0.717) is 0 Å². The number of furan rings is 1. The maximum Gasteiger partial charge on any atom is 0.112 e. The summed E-state index contributed by atoms with van der Waals surface area (Å²) < 4.78 is 11.2. The molecular weight excluding hydrogens is 164 g/mol. The summed E-state index contributed by atoms with van der Waals surface area (Å²) in [5, 5.41) is 0. The van der Waals surface area contributed by atoms with Gasteiger partial charge in [0.05, 0.1) is 13.2 Å². The van der Waals surface area contributed by atoms with Crippen molar-refractivity contribution >= 4 is 0 Å². The van der Waals surface area contributed by atoms with E-state index in [1.165, 1.54) is 5.56 Å². The number of hydrogen-bond donors (Lipinski definition) is 0. The Morgan fingerprint density at radius 3 is 2.69 bits per heavy atom. The van der Waals surface area contributed by atoms with Gasteiger partial charge >= 0.3 is 0 Å². The minimum Gasteiger partial charge on any atom is -0.465 e. The van der Waals surface area contributed by atoms with Gasteiger partial charge in [0.2, 0.25) is 0 Å². The summed E-state index contributed by atoms with van der Waals surface area (Å²) in [6, 6.07) is 2.13. The SMILES string of the molecule is CC(C)(C)c1cc2c(o1)CCOC2. The van der Waals surface area contributed by atoms with Crippen LogP contribution < -0.4 is 0 Å². The van der Waals surface area contributed by atoms with Gasteiger partial charge in [-0.3, -0.25) is 0 Å². The van der Waals surface area contributed by atoms with Gasteiger partial charge in [0.15, 0.2) is 0 Å². The maximum atomic E-state index is 5.79. The first-order valence-electron chi connectivity index (χ1n) is 4.77. The molecular formula is C11H16O2. The normalized spacial score (nSPS) is 17.2. The molecule has 1 aliphatic heterocycles. The van der Waals surface area contributed by atoms with Gasteiger partial charge in [0.1, 0.15) is 11.5 Å². The second-order valence-electron chi connectivity index (χ2n) is 4.61.